The van der Waals surface area contributed by atoms with Crippen LogP contribution in [0.3, 0.4) is 0 Å². The van der Waals surface area contributed by atoms with E-state index in [-0.39, 0.29) is 30.1 Å². The van der Waals surface area contributed by atoms with Crippen LogP contribution < -0.4 is 0 Å². The van der Waals surface area contributed by atoms with E-state index in [1.807, 2.05) is 13.8 Å². The van der Waals surface area contributed by atoms with Gasteiger partial charge in [0, 0.05) is 6.42 Å². The number of piperidine rings is 1. The number of fused-ring (bicyclic) bond motifs is 3. The summed E-state index contributed by atoms with van der Waals surface area (Å²) >= 11 is 0. The molecule has 5 atom stereocenters. The minimum atomic E-state index is -0.611. The molecule has 3 fully saturated rings. The van der Waals surface area contributed by atoms with E-state index in [1.54, 1.807) is 4.90 Å². The monoisotopic (exact) mass is 283 g/mol. The lowest BCUT2D eigenvalue weighted by Gasteiger charge is -2.41. The number of aliphatic hydroxyl groups is 1. The predicted molar refractivity (Wildman–Crippen MR) is 73.0 cm³/mol. The van der Waals surface area contributed by atoms with Gasteiger partial charge < -0.3 is 19.5 Å². The molecule has 0 aliphatic carbocycles. The molecule has 1 amide bonds. The summed E-state index contributed by atoms with van der Waals surface area (Å²) in [6.45, 7) is 6.46. The fraction of sp³-hybridized carbons (Fsp3) is 0.933. The summed E-state index contributed by atoms with van der Waals surface area (Å²) in [5.41, 5.74) is 0. The lowest BCUT2D eigenvalue weighted by Crippen LogP contribution is -2.56. The zero-order chi connectivity index (χ0) is 14.5. The average Bonchev–Trinajstić information content (AvgIpc) is 2.84. The molecule has 1 N–H and O–H groups in total. The van der Waals surface area contributed by atoms with E-state index < -0.39 is 11.9 Å². The third-order valence-corrected chi connectivity index (χ3v) is 4.81. The summed E-state index contributed by atoms with van der Waals surface area (Å²) in [7, 11) is 0. The maximum atomic E-state index is 12.3. The Bertz CT molecular complexity index is 397. The minimum absolute atomic E-state index is 0.0646. The Balaban J connectivity index is 1.77. The Morgan fingerprint density at radius 2 is 2.15 bits per heavy atom. The summed E-state index contributed by atoms with van der Waals surface area (Å²) in [6, 6.07) is -0.232. The van der Waals surface area contributed by atoms with Crippen molar-refractivity contribution in [3.8, 4) is 0 Å². The van der Waals surface area contributed by atoms with Gasteiger partial charge in [-0.1, -0.05) is 19.8 Å². The van der Waals surface area contributed by atoms with Crippen LogP contribution in [0, 0.1) is 5.92 Å². The molecular formula is C15H25NO4. The first-order chi connectivity index (χ1) is 9.43. The van der Waals surface area contributed by atoms with Crippen LogP contribution in [0.4, 0.5) is 0 Å². The number of aliphatic hydroxyl groups excluding tert-OH is 1. The molecule has 114 valence electrons. The van der Waals surface area contributed by atoms with Crippen molar-refractivity contribution in [1.82, 2.24) is 4.90 Å². The highest BCUT2D eigenvalue weighted by molar-refractivity contribution is 5.78. The number of rotatable bonds is 3. The van der Waals surface area contributed by atoms with E-state index in [2.05, 4.69) is 6.92 Å². The molecule has 5 heteroatoms. The van der Waals surface area contributed by atoms with Gasteiger partial charge in [-0.05, 0) is 26.2 Å². The van der Waals surface area contributed by atoms with E-state index >= 15 is 0 Å². The number of carbonyl (C=O) groups excluding carboxylic acids is 1. The van der Waals surface area contributed by atoms with Crippen LogP contribution in [0.25, 0.3) is 0 Å². The van der Waals surface area contributed by atoms with Crippen molar-refractivity contribution in [3.63, 3.8) is 0 Å². The first kappa shape index (κ1) is 14.3. The summed E-state index contributed by atoms with van der Waals surface area (Å²) in [4.78, 5) is 14.1. The normalized spacial score (nSPS) is 42.7. The van der Waals surface area contributed by atoms with Crippen molar-refractivity contribution in [2.75, 3.05) is 6.54 Å². The van der Waals surface area contributed by atoms with Gasteiger partial charge in [0.2, 0.25) is 5.91 Å². The summed E-state index contributed by atoms with van der Waals surface area (Å²) in [6.07, 6.45) is 2.73. The zero-order valence-electron chi connectivity index (χ0n) is 12.5. The molecule has 3 saturated heterocycles. The second-order valence-electron chi connectivity index (χ2n) is 6.77. The molecular weight excluding hydrogens is 258 g/mol. The summed E-state index contributed by atoms with van der Waals surface area (Å²) in [5.74, 6) is -0.406. The molecule has 0 unspecified atom stereocenters. The second-order valence-corrected chi connectivity index (χ2v) is 6.77. The fourth-order valence-electron chi connectivity index (χ4n) is 3.91. The van der Waals surface area contributed by atoms with Gasteiger partial charge in [-0.25, -0.2) is 0 Å². The maximum Gasteiger partial charge on any atom is 0.223 e. The van der Waals surface area contributed by atoms with Gasteiger partial charge in [0.05, 0.1) is 18.7 Å². The van der Waals surface area contributed by atoms with Crippen molar-refractivity contribution >= 4 is 5.91 Å². The van der Waals surface area contributed by atoms with Crippen molar-refractivity contribution < 1.29 is 19.4 Å². The van der Waals surface area contributed by atoms with Crippen LogP contribution >= 0.6 is 0 Å². The number of hydrogen-bond donors (Lipinski definition) is 1. The van der Waals surface area contributed by atoms with Crippen LogP contribution in [-0.2, 0) is 14.3 Å². The number of hydrogen-bond acceptors (Lipinski definition) is 4. The predicted octanol–water partition coefficient (Wildman–Crippen LogP) is 1.29. The van der Waals surface area contributed by atoms with Crippen LogP contribution in [-0.4, -0.2) is 52.6 Å². The largest absolute Gasteiger partial charge is 0.391 e. The highest BCUT2D eigenvalue weighted by Gasteiger charge is 2.58. The Kier molecular flexibility index (Phi) is 3.55. The Labute approximate surface area is 120 Å². The van der Waals surface area contributed by atoms with Crippen LogP contribution in [0.1, 0.15) is 46.5 Å². The molecule has 3 aliphatic heterocycles. The molecule has 0 bridgehead atoms. The summed E-state index contributed by atoms with van der Waals surface area (Å²) in [5, 5.41) is 10.7. The quantitative estimate of drug-likeness (QED) is 0.848. The third-order valence-electron chi connectivity index (χ3n) is 4.81. The molecule has 0 aromatic rings. The number of nitrogens with zero attached hydrogens (tertiary/aromatic N) is 1. The first-order valence-electron chi connectivity index (χ1n) is 7.76. The van der Waals surface area contributed by atoms with Gasteiger partial charge in [-0.15, -0.1) is 0 Å². The fourth-order valence-corrected chi connectivity index (χ4v) is 3.91. The van der Waals surface area contributed by atoms with Gasteiger partial charge in [0.25, 0.3) is 0 Å². The molecule has 0 saturated carbocycles. The molecule has 0 aromatic carbocycles. The van der Waals surface area contributed by atoms with Crippen LogP contribution in [0.2, 0.25) is 0 Å². The lowest BCUT2D eigenvalue weighted by atomic mass is 9.83. The van der Waals surface area contributed by atoms with Gasteiger partial charge in [0.15, 0.2) is 5.79 Å². The van der Waals surface area contributed by atoms with Gasteiger partial charge >= 0.3 is 0 Å². The van der Waals surface area contributed by atoms with E-state index in [9.17, 15) is 9.90 Å². The van der Waals surface area contributed by atoms with Gasteiger partial charge in [-0.3, -0.25) is 4.79 Å². The van der Waals surface area contributed by atoms with Gasteiger partial charge in [-0.2, -0.15) is 0 Å². The Hall–Kier alpha value is -0.650. The molecule has 0 aromatic heterocycles. The molecule has 0 spiro atoms. The van der Waals surface area contributed by atoms with Crippen LogP contribution in [0.15, 0.2) is 0 Å². The van der Waals surface area contributed by atoms with Crippen molar-refractivity contribution in [1.29, 1.82) is 0 Å². The van der Waals surface area contributed by atoms with Crippen molar-refractivity contribution in [3.05, 3.63) is 0 Å². The standard InChI is InChI=1S/C15H25NO4/c1-4-5-6-9-7-11(17)16-8-10-14(12(16)13(9)18)20-15(2,3)19-10/h9-10,12-14,18H,4-8H2,1-3H3/t9-,10-,12-,13-,14-/m1/s1. The zero-order valence-corrected chi connectivity index (χ0v) is 12.5. The first-order valence-corrected chi connectivity index (χ1v) is 7.76. The highest BCUT2D eigenvalue weighted by atomic mass is 16.8. The van der Waals surface area contributed by atoms with Gasteiger partial charge in [0.1, 0.15) is 12.2 Å². The average molecular weight is 283 g/mol. The highest BCUT2D eigenvalue weighted by Crippen LogP contribution is 2.42. The molecule has 20 heavy (non-hydrogen) atoms. The number of ether oxygens (including phenoxy) is 2. The lowest BCUT2D eigenvalue weighted by molar-refractivity contribution is -0.181. The van der Waals surface area contributed by atoms with Crippen molar-refractivity contribution in [2.45, 2.75) is 76.6 Å². The SMILES string of the molecule is CCCC[C@@H]1CC(=O)N2C[C@H]3OC(C)(C)O[C@H]3[C@H]2[C@@H]1O. The molecule has 3 heterocycles. The number of unbranched alkanes of at least 4 members (excludes halogenated alkanes) is 1. The van der Waals surface area contributed by atoms with Crippen LogP contribution in [0.5, 0.6) is 0 Å². The minimum Gasteiger partial charge on any atom is -0.391 e. The van der Waals surface area contributed by atoms with E-state index in [1.165, 1.54) is 0 Å². The molecule has 3 aliphatic rings. The smallest absolute Gasteiger partial charge is 0.223 e. The molecule has 0 radical (unpaired) electrons. The van der Waals surface area contributed by atoms with E-state index in [4.69, 9.17) is 9.47 Å². The van der Waals surface area contributed by atoms with E-state index in [0.29, 0.717) is 13.0 Å². The molecule has 3 rings (SSSR count). The molecule has 5 nitrogen and oxygen atoms in total. The topological polar surface area (TPSA) is 59.0 Å². The second kappa shape index (κ2) is 4.97. The Morgan fingerprint density at radius 3 is 2.85 bits per heavy atom. The third kappa shape index (κ3) is 2.26. The maximum absolute atomic E-state index is 12.3. The Morgan fingerprint density at radius 1 is 1.40 bits per heavy atom. The van der Waals surface area contributed by atoms with Crippen molar-refractivity contribution in [2.24, 2.45) is 5.92 Å². The number of carbonyl (C=O) groups is 1. The number of amides is 1. The summed E-state index contributed by atoms with van der Waals surface area (Å²) < 4.78 is 11.8. The van der Waals surface area contributed by atoms with E-state index in [0.717, 1.165) is 19.3 Å².